The molecule has 0 radical (unpaired) electrons. The van der Waals surface area contributed by atoms with Crippen LogP contribution in [0.3, 0.4) is 0 Å². The first-order valence-electron chi connectivity index (χ1n) is 9.80. The van der Waals surface area contributed by atoms with Crippen molar-refractivity contribution in [3.63, 3.8) is 0 Å². The van der Waals surface area contributed by atoms with Crippen molar-refractivity contribution in [1.29, 1.82) is 0 Å². The lowest BCUT2D eigenvalue weighted by Crippen LogP contribution is -2.29. The predicted molar refractivity (Wildman–Crippen MR) is 112 cm³/mol. The van der Waals surface area contributed by atoms with Crippen LogP contribution >= 0.6 is 11.3 Å². The molecule has 1 unspecified atom stereocenters. The summed E-state index contributed by atoms with van der Waals surface area (Å²) in [7, 11) is 0. The van der Waals surface area contributed by atoms with E-state index in [1.54, 1.807) is 25.1 Å². The molecule has 2 aromatic carbocycles. The summed E-state index contributed by atoms with van der Waals surface area (Å²) >= 11 is 1.39. The number of hydrogen-bond acceptors (Lipinski definition) is 6. The van der Waals surface area contributed by atoms with Gasteiger partial charge in [0.05, 0.1) is 23.3 Å². The lowest BCUT2D eigenvalue weighted by Gasteiger charge is -2.14. The molecular weight excluding hydrogens is 443 g/mol. The van der Waals surface area contributed by atoms with E-state index in [-0.39, 0.29) is 0 Å². The lowest BCUT2D eigenvalue weighted by molar-refractivity contribution is -0.307. The number of carbonyl (C=O) groups excluding carboxylic acids is 1. The Kier molecular flexibility index (Phi) is 7.20. The van der Waals surface area contributed by atoms with Gasteiger partial charge in [-0.05, 0) is 62.1 Å². The van der Waals surface area contributed by atoms with E-state index in [2.05, 4.69) is 4.98 Å². The van der Waals surface area contributed by atoms with Crippen LogP contribution in [0.5, 0.6) is 5.75 Å². The van der Waals surface area contributed by atoms with Crippen molar-refractivity contribution in [1.82, 2.24) is 4.98 Å². The number of aromatic nitrogens is 1. The Morgan fingerprint density at radius 2 is 1.88 bits per heavy atom. The third kappa shape index (κ3) is 5.86. The Balaban J connectivity index is 1.65. The number of carboxylic acid groups (broad SMARTS) is 1. The highest BCUT2D eigenvalue weighted by molar-refractivity contribution is 7.15. The van der Waals surface area contributed by atoms with Crippen LogP contribution in [0.1, 0.15) is 39.8 Å². The van der Waals surface area contributed by atoms with Crippen molar-refractivity contribution in [3.8, 4) is 16.3 Å². The third-order valence-corrected chi connectivity index (χ3v) is 6.19. The van der Waals surface area contributed by atoms with Gasteiger partial charge < -0.3 is 19.7 Å². The molecule has 1 atom stereocenters. The van der Waals surface area contributed by atoms with Gasteiger partial charge in [-0.15, -0.1) is 11.3 Å². The number of aryl methyl sites for hydroxylation is 3. The minimum absolute atomic E-state index is 0.407. The maximum absolute atomic E-state index is 12.8. The molecule has 1 N–H and O–H groups in total. The van der Waals surface area contributed by atoms with E-state index in [0.29, 0.717) is 40.3 Å². The van der Waals surface area contributed by atoms with Crippen molar-refractivity contribution in [3.05, 3.63) is 69.7 Å². The molecule has 32 heavy (non-hydrogen) atoms. The number of nitrogens with zero attached hydrogens (tertiary/aromatic N) is 1. The van der Waals surface area contributed by atoms with E-state index >= 15 is 0 Å². The number of hydrogen-bond donors (Lipinski definition) is 1. The second kappa shape index (κ2) is 9.70. The number of ether oxygens (including phenoxy) is 1. The van der Waals surface area contributed by atoms with Gasteiger partial charge in [-0.25, -0.2) is 4.98 Å². The molecule has 1 aromatic heterocycles. The quantitative estimate of drug-likeness (QED) is 0.539. The van der Waals surface area contributed by atoms with E-state index in [9.17, 15) is 28.2 Å². The van der Waals surface area contributed by atoms with E-state index in [1.165, 1.54) is 23.5 Å². The summed E-state index contributed by atoms with van der Waals surface area (Å²) in [4.78, 5) is 15.9. The normalized spacial score (nSPS) is 12.6. The van der Waals surface area contributed by atoms with Crippen molar-refractivity contribution >= 4 is 17.3 Å². The number of thiazole rings is 1. The van der Waals surface area contributed by atoms with Crippen LogP contribution in [0.2, 0.25) is 0 Å². The van der Waals surface area contributed by atoms with Gasteiger partial charge in [0.1, 0.15) is 17.4 Å². The molecule has 3 rings (SSSR count). The summed E-state index contributed by atoms with van der Waals surface area (Å²) in [6.45, 7) is 3.04. The molecule has 0 amide bonds. The Bertz CT molecular complexity index is 1090. The van der Waals surface area contributed by atoms with Crippen LogP contribution in [0.25, 0.3) is 10.6 Å². The second-order valence-electron chi connectivity index (χ2n) is 7.34. The third-order valence-electron chi connectivity index (χ3n) is 4.93. The molecule has 9 heteroatoms. The second-order valence-corrected chi connectivity index (χ2v) is 8.43. The first-order chi connectivity index (χ1) is 15.0. The van der Waals surface area contributed by atoms with Gasteiger partial charge >= 0.3 is 6.18 Å². The standard InChI is InChI=1S/C23H22F3NO4S/c1-13-11-16(5-9-19(13)31-12-21(29)30)18(28)8-10-20-14(2)27-22(32-20)15-3-6-17(7-4-15)23(24,25)26/h3-7,9,11,18,28H,8,10,12H2,1-2H3,(H,29,30)/p-1. The van der Waals surface area contributed by atoms with Crippen molar-refractivity contribution in [2.75, 3.05) is 6.61 Å². The molecular formula is C23H21F3NO4S-. The molecule has 5 nitrogen and oxygen atoms in total. The van der Waals surface area contributed by atoms with Crippen molar-refractivity contribution in [2.45, 2.75) is 39.0 Å². The first-order valence-corrected chi connectivity index (χ1v) is 10.6. The monoisotopic (exact) mass is 464 g/mol. The van der Waals surface area contributed by atoms with Gasteiger partial charge in [0.15, 0.2) is 0 Å². The number of carbonyl (C=O) groups is 1. The van der Waals surface area contributed by atoms with Gasteiger partial charge in [0.25, 0.3) is 0 Å². The number of aliphatic carboxylic acids is 1. The minimum atomic E-state index is -4.38. The summed E-state index contributed by atoms with van der Waals surface area (Å²) < 4.78 is 43.4. The zero-order valence-corrected chi connectivity index (χ0v) is 18.2. The average molecular weight is 464 g/mol. The Hall–Kier alpha value is -2.91. The Morgan fingerprint density at radius 1 is 1.19 bits per heavy atom. The first kappa shape index (κ1) is 23.7. The summed E-state index contributed by atoms with van der Waals surface area (Å²) in [6, 6.07) is 9.92. The molecule has 170 valence electrons. The van der Waals surface area contributed by atoms with Crippen LogP contribution in [-0.4, -0.2) is 22.7 Å². The van der Waals surface area contributed by atoms with Crippen LogP contribution in [0.4, 0.5) is 13.2 Å². The maximum Gasteiger partial charge on any atom is 0.416 e. The van der Waals surface area contributed by atoms with E-state index in [0.717, 1.165) is 22.7 Å². The Morgan fingerprint density at radius 3 is 2.47 bits per heavy atom. The largest absolute Gasteiger partial charge is 0.546 e. The number of alkyl halides is 3. The van der Waals surface area contributed by atoms with Crippen LogP contribution < -0.4 is 9.84 Å². The highest BCUT2D eigenvalue weighted by atomic mass is 32.1. The molecule has 0 fully saturated rings. The van der Waals surface area contributed by atoms with Gasteiger partial charge in [0.2, 0.25) is 0 Å². The molecule has 0 saturated heterocycles. The molecule has 0 spiro atoms. The fourth-order valence-electron chi connectivity index (χ4n) is 3.20. The van der Waals surface area contributed by atoms with Crippen LogP contribution in [0.15, 0.2) is 42.5 Å². The predicted octanol–water partition coefficient (Wildman–Crippen LogP) is 4.24. The topological polar surface area (TPSA) is 82.5 Å². The van der Waals surface area contributed by atoms with Gasteiger partial charge in [-0.2, -0.15) is 13.2 Å². The molecule has 0 aliphatic heterocycles. The number of halogens is 3. The summed E-state index contributed by atoms with van der Waals surface area (Å²) in [5.41, 5.74) is 2.05. The zero-order valence-electron chi connectivity index (χ0n) is 17.4. The number of benzene rings is 2. The number of aliphatic hydroxyl groups excluding tert-OH is 1. The SMILES string of the molecule is Cc1cc(C(O)CCc2sc(-c3ccc(C(F)(F)F)cc3)nc2C)ccc1OCC(=O)[O-]. The van der Waals surface area contributed by atoms with E-state index in [4.69, 9.17) is 4.74 Å². The molecule has 0 aliphatic carbocycles. The van der Waals surface area contributed by atoms with Crippen molar-refractivity contribution in [2.24, 2.45) is 0 Å². The minimum Gasteiger partial charge on any atom is -0.546 e. The Labute approximate surface area is 187 Å². The van der Waals surface area contributed by atoms with Gasteiger partial charge in [0, 0.05) is 10.4 Å². The summed E-state index contributed by atoms with van der Waals surface area (Å²) in [5.74, 6) is -0.909. The number of rotatable bonds is 8. The number of carboxylic acids is 1. The number of aliphatic hydroxyl groups is 1. The summed E-state index contributed by atoms with van der Waals surface area (Å²) in [5, 5.41) is 21.7. The molecule has 3 aromatic rings. The van der Waals surface area contributed by atoms with E-state index < -0.39 is 30.4 Å². The molecule has 0 saturated carbocycles. The van der Waals surface area contributed by atoms with Crippen molar-refractivity contribution < 1.29 is 32.9 Å². The summed E-state index contributed by atoms with van der Waals surface area (Å²) in [6.07, 6.45) is -4.16. The molecule has 0 bridgehead atoms. The van der Waals surface area contributed by atoms with Crippen LogP contribution in [0, 0.1) is 13.8 Å². The van der Waals surface area contributed by atoms with Gasteiger partial charge in [-0.3, -0.25) is 0 Å². The average Bonchev–Trinajstić information content (AvgIpc) is 3.11. The van der Waals surface area contributed by atoms with Crippen LogP contribution in [-0.2, 0) is 17.4 Å². The fraction of sp³-hybridized carbons (Fsp3) is 0.304. The lowest BCUT2D eigenvalue weighted by atomic mass is 10.0. The molecule has 1 heterocycles. The smallest absolute Gasteiger partial charge is 0.416 e. The van der Waals surface area contributed by atoms with Gasteiger partial charge in [-0.1, -0.05) is 18.2 Å². The van der Waals surface area contributed by atoms with E-state index in [1.807, 2.05) is 6.92 Å². The zero-order chi connectivity index (χ0) is 23.5. The highest BCUT2D eigenvalue weighted by Gasteiger charge is 2.30. The highest BCUT2D eigenvalue weighted by Crippen LogP contribution is 2.34. The maximum atomic E-state index is 12.8. The molecule has 0 aliphatic rings. The fourth-order valence-corrected chi connectivity index (χ4v) is 4.28.